The summed E-state index contributed by atoms with van der Waals surface area (Å²) in [6, 6.07) is 7.27. The molecule has 0 aliphatic carbocycles. The number of hydrogen-bond donors (Lipinski definition) is 1. The number of aromatic nitrogens is 2. The number of carbonyl (C=O) groups excluding carboxylic acids is 2. The van der Waals surface area contributed by atoms with Gasteiger partial charge in [0.15, 0.2) is 6.61 Å². The van der Waals surface area contributed by atoms with Crippen LogP contribution in [0, 0.1) is 0 Å². The van der Waals surface area contributed by atoms with Gasteiger partial charge in [0, 0.05) is 6.07 Å². The van der Waals surface area contributed by atoms with E-state index in [2.05, 4.69) is 14.9 Å². The molecule has 2 amide bonds. The van der Waals surface area contributed by atoms with Crippen LogP contribution in [-0.2, 0) is 0 Å². The quantitative estimate of drug-likeness (QED) is 0.881. The number of anilines is 1. The van der Waals surface area contributed by atoms with Gasteiger partial charge in [-0.1, -0.05) is 12.1 Å². The lowest BCUT2D eigenvalue weighted by Gasteiger charge is -2.09. The van der Waals surface area contributed by atoms with Gasteiger partial charge in [0.25, 0.3) is 11.8 Å². The van der Waals surface area contributed by atoms with Gasteiger partial charge in [0.2, 0.25) is 5.88 Å². The fourth-order valence-electron chi connectivity index (χ4n) is 2.05. The number of H-pyrrole nitrogens is 1. The normalized spacial score (nSPS) is 14.4. The van der Waals surface area contributed by atoms with Crippen LogP contribution in [0.25, 0.3) is 0 Å². The molecule has 0 atom stereocenters. The van der Waals surface area contributed by atoms with Crippen LogP contribution in [0.3, 0.4) is 0 Å². The van der Waals surface area contributed by atoms with Crippen LogP contribution in [-0.4, -0.2) is 34.8 Å². The topological polar surface area (TPSA) is 75.3 Å². The van der Waals surface area contributed by atoms with Gasteiger partial charge in [-0.25, -0.2) is 4.90 Å². The Labute approximate surface area is 121 Å². The SMILES string of the molecule is O=C1c2ccccc2C(=O)N1c1cc(OCC(F)(F)F)n[nH]1. The second kappa shape index (κ2) is 4.86. The van der Waals surface area contributed by atoms with Crippen LogP contribution >= 0.6 is 0 Å². The van der Waals surface area contributed by atoms with Crippen molar-refractivity contribution in [3.8, 4) is 5.88 Å². The fourth-order valence-corrected chi connectivity index (χ4v) is 2.05. The summed E-state index contributed by atoms with van der Waals surface area (Å²) >= 11 is 0. The molecule has 6 nitrogen and oxygen atoms in total. The van der Waals surface area contributed by atoms with E-state index in [9.17, 15) is 22.8 Å². The van der Waals surface area contributed by atoms with Crippen molar-refractivity contribution in [2.75, 3.05) is 11.5 Å². The van der Waals surface area contributed by atoms with E-state index in [0.717, 1.165) is 11.0 Å². The molecule has 0 spiro atoms. The molecule has 1 aliphatic rings. The van der Waals surface area contributed by atoms with Crippen molar-refractivity contribution in [3.05, 3.63) is 41.5 Å². The van der Waals surface area contributed by atoms with E-state index in [1.807, 2.05) is 0 Å². The number of alkyl halides is 3. The van der Waals surface area contributed by atoms with E-state index in [1.54, 1.807) is 12.1 Å². The standard InChI is InChI=1S/C13H8F3N3O3/c14-13(15,16)6-22-10-5-9(17-18-10)19-11(20)7-3-1-2-4-8(7)12(19)21/h1-5H,6H2,(H,17,18). The van der Waals surface area contributed by atoms with Crippen molar-refractivity contribution in [2.45, 2.75) is 6.18 Å². The number of halogens is 3. The van der Waals surface area contributed by atoms with Crippen molar-refractivity contribution >= 4 is 17.6 Å². The van der Waals surface area contributed by atoms with E-state index >= 15 is 0 Å². The predicted molar refractivity (Wildman–Crippen MR) is 67.7 cm³/mol. The zero-order chi connectivity index (χ0) is 15.9. The third kappa shape index (κ3) is 2.41. The number of nitrogens with one attached hydrogen (secondary N) is 1. The first-order valence-electron chi connectivity index (χ1n) is 6.09. The number of rotatable bonds is 3. The minimum atomic E-state index is -4.51. The van der Waals surface area contributed by atoms with Crippen LogP contribution in [0.2, 0.25) is 0 Å². The number of carbonyl (C=O) groups is 2. The number of ether oxygens (including phenoxy) is 1. The molecule has 1 aromatic heterocycles. The predicted octanol–water partition coefficient (Wildman–Crippen LogP) is 2.15. The molecule has 2 heterocycles. The number of amides is 2. The molecular weight excluding hydrogens is 303 g/mol. The summed E-state index contributed by atoms with van der Waals surface area (Å²) in [5.74, 6) is -1.56. The second-order valence-electron chi connectivity index (χ2n) is 4.49. The highest BCUT2D eigenvalue weighted by Gasteiger charge is 2.37. The van der Waals surface area contributed by atoms with E-state index in [0.29, 0.717) is 0 Å². The summed E-state index contributed by atoms with van der Waals surface area (Å²) < 4.78 is 40.7. The zero-order valence-corrected chi connectivity index (χ0v) is 10.8. The average Bonchev–Trinajstić information content (AvgIpc) is 3.01. The Balaban J connectivity index is 1.83. The van der Waals surface area contributed by atoms with E-state index < -0.39 is 24.6 Å². The number of nitrogens with zero attached hydrogens (tertiary/aromatic N) is 2. The molecule has 114 valence electrons. The van der Waals surface area contributed by atoms with Crippen molar-refractivity contribution in [3.63, 3.8) is 0 Å². The first-order valence-corrected chi connectivity index (χ1v) is 6.09. The minimum Gasteiger partial charge on any atom is -0.467 e. The lowest BCUT2D eigenvalue weighted by atomic mass is 10.1. The zero-order valence-electron chi connectivity index (χ0n) is 10.8. The maximum absolute atomic E-state index is 12.2. The summed E-state index contributed by atoms with van der Waals surface area (Å²) in [5.41, 5.74) is 0.444. The Bertz CT molecular complexity index is 719. The lowest BCUT2D eigenvalue weighted by Crippen LogP contribution is -2.29. The Kier molecular flexibility index (Phi) is 3.12. The number of imide groups is 1. The summed E-state index contributed by atoms with van der Waals surface area (Å²) in [7, 11) is 0. The van der Waals surface area contributed by atoms with Gasteiger partial charge >= 0.3 is 6.18 Å². The Morgan fingerprint density at radius 3 is 2.27 bits per heavy atom. The third-order valence-electron chi connectivity index (χ3n) is 2.96. The highest BCUT2D eigenvalue weighted by molar-refractivity contribution is 6.34. The maximum Gasteiger partial charge on any atom is 0.422 e. The molecule has 1 aliphatic heterocycles. The molecule has 0 bridgehead atoms. The van der Waals surface area contributed by atoms with Crippen LogP contribution in [0.1, 0.15) is 20.7 Å². The Hall–Kier alpha value is -2.84. The summed E-state index contributed by atoms with van der Waals surface area (Å²) in [6.45, 7) is -1.51. The molecule has 0 radical (unpaired) electrons. The Morgan fingerprint density at radius 2 is 1.73 bits per heavy atom. The molecule has 0 saturated carbocycles. The summed E-state index contributed by atoms with van der Waals surface area (Å²) in [5, 5.41) is 5.82. The largest absolute Gasteiger partial charge is 0.467 e. The van der Waals surface area contributed by atoms with Gasteiger partial charge in [0.05, 0.1) is 11.1 Å². The first-order chi connectivity index (χ1) is 10.4. The number of fused-ring (bicyclic) bond motifs is 1. The van der Waals surface area contributed by atoms with Gasteiger partial charge in [-0.15, -0.1) is 5.10 Å². The molecule has 3 rings (SSSR count). The molecule has 1 N–H and O–H groups in total. The van der Waals surface area contributed by atoms with Crippen molar-refractivity contribution in [1.29, 1.82) is 0 Å². The molecule has 0 unspecified atom stereocenters. The van der Waals surface area contributed by atoms with Crippen LogP contribution in [0.15, 0.2) is 30.3 Å². The number of benzene rings is 1. The molecule has 9 heteroatoms. The molecule has 0 saturated heterocycles. The minimum absolute atomic E-state index is 0.0524. The summed E-state index contributed by atoms with van der Waals surface area (Å²) in [6.07, 6.45) is -4.51. The van der Waals surface area contributed by atoms with Crippen LogP contribution < -0.4 is 9.64 Å². The van der Waals surface area contributed by atoms with Gasteiger partial charge in [-0.3, -0.25) is 14.7 Å². The van der Waals surface area contributed by atoms with Crippen LogP contribution in [0.4, 0.5) is 19.0 Å². The van der Waals surface area contributed by atoms with Crippen molar-refractivity contribution in [1.82, 2.24) is 10.2 Å². The van der Waals surface area contributed by atoms with Crippen molar-refractivity contribution in [2.24, 2.45) is 0 Å². The highest BCUT2D eigenvalue weighted by Crippen LogP contribution is 2.29. The van der Waals surface area contributed by atoms with Crippen LogP contribution in [0.5, 0.6) is 5.88 Å². The highest BCUT2D eigenvalue weighted by atomic mass is 19.4. The van der Waals surface area contributed by atoms with Crippen molar-refractivity contribution < 1.29 is 27.5 Å². The molecular formula is C13H8F3N3O3. The van der Waals surface area contributed by atoms with Gasteiger partial charge in [-0.05, 0) is 12.1 Å². The molecule has 0 fully saturated rings. The monoisotopic (exact) mass is 311 g/mol. The Morgan fingerprint density at radius 1 is 1.14 bits per heavy atom. The average molecular weight is 311 g/mol. The fraction of sp³-hybridized carbons (Fsp3) is 0.154. The number of aromatic amines is 1. The van der Waals surface area contributed by atoms with E-state index in [4.69, 9.17) is 0 Å². The van der Waals surface area contributed by atoms with E-state index in [1.165, 1.54) is 12.1 Å². The maximum atomic E-state index is 12.2. The first kappa shape index (κ1) is 14.1. The molecule has 2 aromatic rings. The second-order valence-corrected chi connectivity index (χ2v) is 4.49. The van der Waals surface area contributed by atoms with Gasteiger partial charge in [-0.2, -0.15) is 13.2 Å². The van der Waals surface area contributed by atoms with E-state index in [-0.39, 0.29) is 22.8 Å². The van der Waals surface area contributed by atoms with Gasteiger partial charge < -0.3 is 4.74 Å². The third-order valence-corrected chi connectivity index (χ3v) is 2.96. The lowest BCUT2D eigenvalue weighted by molar-refractivity contribution is -0.154. The number of hydrogen-bond acceptors (Lipinski definition) is 4. The summed E-state index contributed by atoms with van der Waals surface area (Å²) in [4.78, 5) is 25.1. The molecule has 22 heavy (non-hydrogen) atoms. The molecule has 1 aromatic carbocycles. The smallest absolute Gasteiger partial charge is 0.422 e. The van der Waals surface area contributed by atoms with Gasteiger partial charge in [0.1, 0.15) is 5.82 Å².